The maximum atomic E-state index is 12.3. The molecule has 0 aromatic heterocycles. The van der Waals surface area contributed by atoms with Crippen LogP contribution in [0.25, 0.3) is 0 Å². The van der Waals surface area contributed by atoms with Crippen LogP contribution < -0.4 is 5.32 Å². The molecule has 116 valence electrons. The number of sulfonamides is 1. The fourth-order valence-electron chi connectivity index (χ4n) is 3.48. The molecule has 1 atom stereocenters. The van der Waals surface area contributed by atoms with E-state index in [1.807, 2.05) is 0 Å². The Morgan fingerprint density at radius 3 is 2.65 bits per heavy atom. The van der Waals surface area contributed by atoms with Crippen LogP contribution in [-0.2, 0) is 10.0 Å². The van der Waals surface area contributed by atoms with Crippen LogP contribution in [0.3, 0.4) is 0 Å². The molecule has 0 aromatic carbocycles. The summed E-state index contributed by atoms with van der Waals surface area (Å²) in [6.45, 7) is 8.97. The Bertz CT molecular complexity index is 441. The number of hydrogen-bond acceptors (Lipinski definition) is 4. The van der Waals surface area contributed by atoms with Crippen molar-refractivity contribution < 1.29 is 8.42 Å². The van der Waals surface area contributed by atoms with Gasteiger partial charge < -0.3 is 10.2 Å². The number of hydrogen-bond donors (Lipinski definition) is 1. The molecule has 0 radical (unpaired) electrons. The van der Waals surface area contributed by atoms with E-state index >= 15 is 0 Å². The first-order valence-electron chi connectivity index (χ1n) is 7.92. The van der Waals surface area contributed by atoms with Crippen molar-refractivity contribution in [3.63, 3.8) is 0 Å². The van der Waals surface area contributed by atoms with E-state index in [0.29, 0.717) is 18.5 Å². The second kappa shape index (κ2) is 5.55. The van der Waals surface area contributed by atoms with Gasteiger partial charge in [0.05, 0.1) is 5.25 Å². The van der Waals surface area contributed by atoms with Crippen LogP contribution in [-0.4, -0.2) is 68.7 Å². The molecule has 0 spiro atoms. The molecule has 0 amide bonds. The molecule has 1 N–H and O–H groups in total. The second-order valence-corrected chi connectivity index (χ2v) is 9.22. The molecule has 2 aliphatic heterocycles. The molecular formula is C14H27N3O2S. The lowest BCUT2D eigenvalue weighted by atomic mass is 9.89. The van der Waals surface area contributed by atoms with Crippen molar-refractivity contribution >= 4 is 10.0 Å². The predicted molar refractivity (Wildman–Crippen MR) is 80.2 cm³/mol. The molecule has 2 heterocycles. The maximum Gasteiger partial charge on any atom is 0.217 e. The zero-order valence-electron chi connectivity index (χ0n) is 12.5. The minimum absolute atomic E-state index is 0.0643. The first-order chi connectivity index (χ1) is 9.50. The molecule has 2 saturated heterocycles. The van der Waals surface area contributed by atoms with E-state index in [0.717, 1.165) is 52.0 Å². The highest BCUT2D eigenvalue weighted by Crippen LogP contribution is 2.32. The van der Waals surface area contributed by atoms with Crippen molar-refractivity contribution in [1.29, 1.82) is 0 Å². The van der Waals surface area contributed by atoms with E-state index in [2.05, 4.69) is 17.1 Å². The van der Waals surface area contributed by atoms with Gasteiger partial charge in [-0.25, -0.2) is 12.7 Å². The van der Waals surface area contributed by atoms with Gasteiger partial charge in [0.1, 0.15) is 0 Å². The van der Waals surface area contributed by atoms with E-state index in [1.165, 1.54) is 6.42 Å². The molecule has 3 fully saturated rings. The second-order valence-electron chi connectivity index (χ2n) is 7.01. The van der Waals surface area contributed by atoms with Gasteiger partial charge in [-0.1, -0.05) is 6.92 Å². The fraction of sp³-hybridized carbons (Fsp3) is 1.00. The van der Waals surface area contributed by atoms with E-state index in [1.54, 1.807) is 4.31 Å². The van der Waals surface area contributed by atoms with Crippen molar-refractivity contribution in [1.82, 2.24) is 14.5 Å². The van der Waals surface area contributed by atoms with Crippen molar-refractivity contribution in [2.24, 2.45) is 5.41 Å². The number of nitrogens with zero attached hydrogens (tertiary/aromatic N) is 2. The van der Waals surface area contributed by atoms with Gasteiger partial charge in [0.15, 0.2) is 0 Å². The highest BCUT2D eigenvalue weighted by atomic mass is 32.2. The minimum atomic E-state index is -2.98. The standard InChI is InChI=1S/C14H27N3O2S/c1-14(5-6-15-11-14)12-16-7-2-8-17(10-9-16)20(18,19)13-3-4-13/h13,15H,2-12H2,1H3. The summed E-state index contributed by atoms with van der Waals surface area (Å²) in [6, 6.07) is 0. The quantitative estimate of drug-likeness (QED) is 0.821. The average molecular weight is 301 g/mol. The summed E-state index contributed by atoms with van der Waals surface area (Å²) in [5.41, 5.74) is 0.366. The van der Waals surface area contributed by atoms with Gasteiger partial charge in [-0.2, -0.15) is 0 Å². The highest BCUT2D eigenvalue weighted by molar-refractivity contribution is 7.90. The maximum absolute atomic E-state index is 12.3. The van der Waals surface area contributed by atoms with Gasteiger partial charge in [0, 0.05) is 32.7 Å². The van der Waals surface area contributed by atoms with Gasteiger partial charge >= 0.3 is 0 Å². The lowest BCUT2D eigenvalue weighted by molar-refractivity contribution is 0.184. The van der Waals surface area contributed by atoms with Crippen LogP contribution in [0, 0.1) is 5.41 Å². The minimum Gasteiger partial charge on any atom is -0.316 e. The Kier molecular flexibility index (Phi) is 4.10. The molecule has 1 saturated carbocycles. The third kappa shape index (κ3) is 3.18. The summed E-state index contributed by atoms with van der Waals surface area (Å²) < 4.78 is 26.4. The molecule has 6 heteroatoms. The normalized spacial score (nSPS) is 34.2. The van der Waals surface area contributed by atoms with Gasteiger partial charge in [0.25, 0.3) is 0 Å². The molecule has 1 aliphatic carbocycles. The monoisotopic (exact) mass is 301 g/mol. The summed E-state index contributed by atoms with van der Waals surface area (Å²) in [5.74, 6) is 0. The zero-order chi connectivity index (χ0) is 14.2. The fourth-order valence-corrected chi connectivity index (χ4v) is 5.35. The van der Waals surface area contributed by atoms with Gasteiger partial charge in [-0.05, 0) is 44.2 Å². The molecular weight excluding hydrogens is 274 g/mol. The van der Waals surface area contributed by atoms with Crippen molar-refractivity contribution in [2.75, 3.05) is 45.8 Å². The Morgan fingerprint density at radius 2 is 2.00 bits per heavy atom. The topological polar surface area (TPSA) is 52.7 Å². The summed E-state index contributed by atoms with van der Waals surface area (Å²) in [4.78, 5) is 2.47. The largest absolute Gasteiger partial charge is 0.316 e. The van der Waals surface area contributed by atoms with Gasteiger partial charge in [0.2, 0.25) is 10.0 Å². The summed E-state index contributed by atoms with van der Waals surface area (Å²) in [7, 11) is -2.98. The molecule has 3 rings (SSSR count). The summed E-state index contributed by atoms with van der Waals surface area (Å²) >= 11 is 0. The molecule has 0 bridgehead atoms. The van der Waals surface area contributed by atoms with Gasteiger partial charge in [-0.15, -0.1) is 0 Å². The molecule has 0 aromatic rings. The van der Waals surface area contributed by atoms with E-state index < -0.39 is 10.0 Å². The third-order valence-corrected chi connectivity index (χ3v) is 7.31. The Balaban J connectivity index is 1.56. The van der Waals surface area contributed by atoms with Crippen LogP contribution in [0.4, 0.5) is 0 Å². The SMILES string of the molecule is CC1(CN2CCCN(S(=O)(=O)C3CC3)CC2)CCNC1. The lowest BCUT2D eigenvalue weighted by Crippen LogP contribution is -2.40. The number of nitrogens with one attached hydrogen (secondary N) is 1. The van der Waals surface area contributed by atoms with Crippen LogP contribution in [0.2, 0.25) is 0 Å². The Labute approximate surface area is 122 Å². The van der Waals surface area contributed by atoms with Crippen LogP contribution in [0.1, 0.15) is 32.6 Å². The zero-order valence-corrected chi connectivity index (χ0v) is 13.3. The van der Waals surface area contributed by atoms with Crippen molar-refractivity contribution in [2.45, 2.75) is 37.9 Å². The van der Waals surface area contributed by atoms with E-state index in [-0.39, 0.29) is 5.25 Å². The first-order valence-corrected chi connectivity index (χ1v) is 9.42. The predicted octanol–water partition coefficient (Wildman–Crippen LogP) is 0.486. The van der Waals surface area contributed by atoms with Crippen molar-refractivity contribution in [3.8, 4) is 0 Å². The van der Waals surface area contributed by atoms with E-state index in [9.17, 15) is 8.42 Å². The summed E-state index contributed by atoms with van der Waals surface area (Å²) in [6.07, 6.45) is 3.93. The highest BCUT2D eigenvalue weighted by Gasteiger charge is 2.40. The van der Waals surface area contributed by atoms with Crippen LogP contribution in [0.5, 0.6) is 0 Å². The van der Waals surface area contributed by atoms with Crippen molar-refractivity contribution in [3.05, 3.63) is 0 Å². The van der Waals surface area contributed by atoms with E-state index in [4.69, 9.17) is 0 Å². The first kappa shape index (κ1) is 14.8. The Hall–Kier alpha value is -0.170. The average Bonchev–Trinajstić information content (AvgIpc) is 3.18. The van der Waals surface area contributed by atoms with Crippen LogP contribution in [0.15, 0.2) is 0 Å². The smallest absolute Gasteiger partial charge is 0.217 e. The molecule has 20 heavy (non-hydrogen) atoms. The third-order valence-electron chi connectivity index (χ3n) is 4.92. The molecule has 3 aliphatic rings. The van der Waals surface area contributed by atoms with Crippen LogP contribution >= 0.6 is 0 Å². The number of rotatable bonds is 4. The Morgan fingerprint density at radius 1 is 1.20 bits per heavy atom. The van der Waals surface area contributed by atoms with Gasteiger partial charge in [-0.3, -0.25) is 0 Å². The molecule has 1 unspecified atom stereocenters. The molecule has 5 nitrogen and oxygen atoms in total. The summed E-state index contributed by atoms with van der Waals surface area (Å²) in [5, 5.41) is 3.38. The lowest BCUT2D eigenvalue weighted by Gasteiger charge is -2.31.